The highest BCUT2D eigenvalue weighted by atomic mass is 79.9. The molecule has 2 N–H and O–H groups in total. The second kappa shape index (κ2) is 8.52. The van der Waals surface area contributed by atoms with Gasteiger partial charge >= 0.3 is 6.09 Å². The van der Waals surface area contributed by atoms with Crippen molar-refractivity contribution in [3.05, 3.63) is 47.0 Å². The topological polar surface area (TPSA) is 86.4 Å². The first-order chi connectivity index (χ1) is 15.8. The minimum absolute atomic E-state index is 0.226. The molecule has 0 aliphatic carbocycles. The van der Waals surface area contributed by atoms with Gasteiger partial charge in [-0.3, -0.25) is 4.98 Å². The van der Waals surface area contributed by atoms with Crippen LogP contribution in [0.15, 0.2) is 41.4 Å². The largest absolute Gasteiger partial charge is 0.444 e. The first kappa shape index (κ1) is 22.0. The minimum Gasteiger partial charge on any atom is -0.444 e. The first-order valence-corrected chi connectivity index (χ1v) is 12.1. The van der Waals surface area contributed by atoms with E-state index in [-0.39, 0.29) is 12.1 Å². The number of aromatic nitrogens is 3. The molecule has 2 aliphatic heterocycles. The Morgan fingerprint density at radius 1 is 1.33 bits per heavy atom. The van der Waals surface area contributed by atoms with Crippen molar-refractivity contribution in [3.63, 3.8) is 0 Å². The van der Waals surface area contributed by atoms with E-state index < -0.39 is 5.60 Å². The van der Waals surface area contributed by atoms with Gasteiger partial charge in [-0.05, 0) is 54.8 Å². The maximum atomic E-state index is 12.7. The van der Waals surface area contributed by atoms with Crippen molar-refractivity contribution in [2.45, 2.75) is 45.4 Å². The van der Waals surface area contributed by atoms with E-state index in [4.69, 9.17) is 4.74 Å². The van der Waals surface area contributed by atoms with Crippen LogP contribution >= 0.6 is 15.9 Å². The maximum Gasteiger partial charge on any atom is 0.410 e. The zero-order valence-electron chi connectivity index (χ0n) is 19.1. The normalized spacial score (nSPS) is 20.4. The standard InChI is InChI=1S/C24H29BrN6O2/c1-24(2,3)33-23(32)30-13-16-6-8-31(19(16)14-30)21-17(25)11-28-22-20(21)18(12-29-22)27-10-15-5-4-7-26-9-15/h4-5,7,9,11-12,16,19,27H,6,8,10,13-14H2,1-3H3,(H,28,29). The SMILES string of the molecule is CC(C)(C)OC(=O)N1CC2CCN(c3c(Br)cnc4[nH]cc(NCc5cccnc5)c34)C2C1. The maximum absolute atomic E-state index is 12.7. The fraction of sp³-hybridized carbons (Fsp3) is 0.458. The molecule has 3 aromatic rings. The van der Waals surface area contributed by atoms with E-state index in [2.05, 4.69) is 47.2 Å². The number of aromatic amines is 1. The zero-order chi connectivity index (χ0) is 23.2. The number of hydrogen-bond donors (Lipinski definition) is 2. The number of ether oxygens (including phenoxy) is 1. The fourth-order valence-corrected chi connectivity index (χ4v) is 5.42. The van der Waals surface area contributed by atoms with Crippen molar-refractivity contribution >= 4 is 44.4 Å². The van der Waals surface area contributed by atoms with Crippen molar-refractivity contribution in [1.29, 1.82) is 0 Å². The van der Waals surface area contributed by atoms with E-state index in [0.29, 0.717) is 19.0 Å². The van der Waals surface area contributed by atoms with Gasteiger partial charge in [-0.15, -0.1) is 0 Å². The molecule has 0 bridgehead atoms. The van der Waals surface area contributed by atoms with Crippen molar-refractivity contribution in [2.75, 3.05) is 29.9 Å². The third-order valence-electron chi connectivity index (χ3n) is 6.32. The number of amides is 1. The van der Waals surface area contributed by atoms with Gasteiger partial charge in [0.15, 0.2) is 0 Å². The van der Waals surface area contributed by atoms with Crippen LogP contribution < -0.4 is 10.2 Å². The van der Waals surface area contributed by atoms with Crippen molar-refractivity contribution in [1.82, 2.24) is 19.9 Å². The molecule has 174 valence electrons. The zero-order valence-corrected chi connectivity index (χ0v) is 20.7. The third kappa shape index (κ3) is 4.38. The monoisotopic (exact) mass is 512 g/mol. The predicted molar refractivity (Wildman–Crippen MR) is 132 cm³/mol. The van der Waals surface area contributed by atoms with Gasteiger partial charge in [0.1, 0.15) is 11.2 Å². The van der Waals surface area contributed by atoms with Gasteiger partial charge in [-0.2, -0.15) is 0 Å². The summed E-state index contributed by atoms with van der Waals surface area (Å²) in [5.74, 6) is 0.429. The van der Waals surface area contributed by atoms with Gasteiger partial charge in [0.05, 0.1) is 27.3 Å². The lowest BCUT2D eigenvalue weighted by molar-refractivity contribution is 0.0284. The van der Waals surface area contributed by atoms with Crippen molar-refractivity contribution in [2.24, 2.45) is 5.92 Å². The molecule has 1 amide bonds. The number of hydrogen-bond acceptors (Lipinski definition) is 6. The van der Waals surface area contributed by atoms with Gasteiger partial charge < -0.3 is 24.8 Å². The molecule has 5 heterocycles. The van der Waals surface area contributed by atoms with Crippen LogP contribution in [0.5, 0.6) is 0 Å². The summed E-state index contributed by atoms with van der Waals surface area (Å²) < 4.78 is 6.59. The minimum atomic E-state index is -0.491. The number of likely N-dealkylation sites (tertiary alicyclic amines) is 1. The van der Waals surface area contributed by atoms with Crippen LogP contribution in [0.1, 0.15) is 32.8 Å². The van der Waals surface area contributed by atoms with Crippen LogP contribution in [0.4, 0.5) is 16.2 Å². The Hall–Kier alpha value is -2.81. The molecular weight excluding hydrogens is 484 g/mol. The quantitative estimate of drug-likeness (QED) is 0.523. The highest BCUT2D eigenvalue weighted by Crippen LogP contribution is 2.44. The molecule has 2 saturated heterocycles. The molecule has 0 aromatic carbocycles. The summed E-state index contributed by atoms with van der Waals surface area (Å²) in [6.45, 7) is 8.74. The van der Waals surface area contributed by atoms with E-state index >= 15 is 0 Å². The number of nitrogens with one attached hydrogen (secondary N) is 2. The third-order valence-corrected chi connectivity index (χ3v) is 6.90. The van der Waals surface area contributed by atoms with Crippen molar-refractivity contribution < 1.29 is 9.53 Å². The molecule has 0 spiro atoms. The summed E-state index contributed by atoms with van der Waals surface area (Å²) in [6, 6.07) is 4.25. The molecule has 3 aromatic heterocycles. The van der Waals surface area contributed by atoms with Crippen LogP contribution in [-0.2, 0) is 11.3 Å². The molecule has 8 nitrogen and oxygen atoms in total. The lowest BCUT2D eigenvalue weighted by Crippen LogP contribution is -2.39. The van der Waals surface area contributed by atoms with Gasteiger partial charge in [-0.1, -0.05) is 6.07 Å². The van der Waals surface area contributed by atoms with E-state index in [9.17, 15) is 4.79 Å². The Morgan fingerprint density at radius 3 is 2.94 bits per heavy atom. The Morgan fingerprint density at radius 2 is 2.18 bits per heavy atom. The molecule has 2 aliphatic rings. The predicted octanol–water partition coefficient (Wildman–Crippen LogP) is 4.78. The number of anilines is 2. The molecule has 2 atom stereocenters. The average Bonchev–Trinajstić information content (AvgIpc) is 3.46. The lowest BCUT2D eigenvalue weighted by Gasteiger charge is -2.29. The number of carbonyl (C=O) groups excluding carboxylic acids is 1. The fourth-order valence-electron chi connectivity index (χ4n) is 4.89. The van der Waals surface area contributed by atoms with E-state index in [1.807, 2.05) is 50.3 Å². The summed E-state index contributed by atoms with van der Waals surface area (Å²) in [7, 11) is 0. The Kier molecular flexibility index (Phi) is 5.68. The molecule has 2 fully saturated rings. The van der Waals surface area contributed by atoms with Gasteiger partial charge in [0, 0.05) is 56.9 Å². The van der Waals surface area contributed by atoms with Gasteiger partial charge in [0.25, 0.3) is 0 Å². The number of halogens is 1. The number of nitrogens with zero attached hydrogens (tertiary/aromatic N) is 4. The molecule has 0 saturated carbocycles. The number of fused-ring (bicyclic) bond motifs is 2. The second-order valence-electron chi connectivity index (χ2n) is 9.79. The summed E-state index contributed by atoms with van der Waals surface area (Å²) in [5.41, 5.74) is 3.58. The van der Waals surface area contributed by atoms with Gasteiger partial charge in [0.2, 0.25) is 0 Å². The van der Waals surface area contributed by atoms with Crippen LogP contribution in [-0.4, -0.2) is 57.2 Å². The molecule has 9 heteroatoms. The van der Waals surface area contributed by atoms with Crippen LogP contribution in [0.25, 0.3) is 11.0 Å². The van der Waals surface area contributed by atoms with Crippen molar-refractivity contribution in [3.8, 4) is 0 Å². The number of H-pyrrole nitrogens is 1. The van der Waals surface area contributed by atoms with Crippen LogP contribution in [0, 0.1) is 5.92 Å². The van der Waals surface area contributed by atoms with Crippen LogP contribution in [0.2, 0.25) is 0 Å². The number of carbonyl (C=O) groups is 1. The van der Waals surface area contributed by atoms with E-state index in [0.717, 1.165) is 52.0 Å². The van der Waals surface area contributed by atoms with Gasteiger partial charge in [-0.25, -0.2) is 9.78 Å². The number of rotatable bonds is 4. The highest BCUT2D eigenvalue weighted by molar-refractivity contribution is 9.10. The Labute approximate surface area is 201 Å². The highest BCUT2D eigenvalue weighted by Gasteiger charge is 2.45. The summed E-state index contributed by atoms with van der Waals surface area (Å²) in [5, 5.41) is 4.60. The van der Waals surface area contributed by atoms with E-state index in [1.165, 1.54) is 0 Å². The molecule has 2 unspecified atom stereocenters. The Bertz CT molecular complexity index is 1160. The number of pyridine rings is 2. The molecule has 0 radical (unpaired) electrons. The summed E-state index contributed by atoms with van der Waals surface area (Å²) >= 11 is 3.76. The Balaban J connectivity index is 1.42. The second-order valence-corrected chi connectivity index (χ2v) is 10.6. The van der Waals surface area contributed by atoms with Crippen LogP contribution in [0.3, 0.4) is 0 Å². The van der Waals surface area contributed by atoms with E-state index in [1.54, 1.807) is 6.20 Å². The summed E-state index contributed by atoms with van der Waals surface area (Å²) in [6.07, 6.45) is 8.29. The lowest BCUT2D eigenvalue weighted by atomic mass is 10.0. The first-order valence-electron chi connectivity index (χ1n) is 11.3. The molecule has 5 rings (SSSR count). The average molecular weight is 513 g/mol. The smallest absolute Gasteiger partial charge is 0.410 e. The molecular formula is C24H29BrN6O2. The molecule has 33 heavy (non-hydrogen) atoms. The summed E-state index contributed by atoms with van der Waals surface area (Å²) in [4.78, 5) is 29.1.